The quantitative estimate of drug-likeness (QED) is 0.601. The second-order valence-electron chi connectivity index (χ2n) is 5.11. The third kappa shape index (κ3) is 2.27. The topological polar surface area (TPSA) is 55.1 Å². The number of nitrogens with zero attached hydrogens (tertiary/aromatic N) is 4. The van der Waals surface area contributed by atoms with Gasteiger partial charge in [-0.15, -0.1) is 10.2 Å². The summed E-state index contributed by atoms with van der Waals surface area (Å²) in [5, 5.41) is 11.5. The summed E-state index contributed by atoms with van der Waals surface area (Å²) < 4.78 is 15.2. The fourth-order valence-corrected chi connectivity index (χ4v) is 2.70. The first-order valence-electron chi connectivity index (χ1n) is 6.96. The van der Waals surface area contributed by atoms with Crippen LogP contribution in [0, 0.1) is 12.7 Å². The molecule has 0 saturated heterocycles. The van der Waals surface area contributed by atoms with Gasteiger partial charge < -0.3 is 5.32 Å². The number of halogens is 2. The minimum atomic E-state index is -0.466. The lowest BCUT2D eigenvalue weighted by molar-refractivity contribution is 0.628. The highest BCUT2D eigenvalue weighted by Crippen LogP contribution is 2.26. The van der Waals surface area contributed by atoms with E-state index in [1.807, 2.05) is 35.6 Å². The molecule has 1 N–H and O–H groups in total. The first kappa shape index (κ1) is 13.9. The number of nitrogens with one attached hydrogen (secondary N) is 1. The number of aromatic nitrogens is 4. The fourth-order valence-electron chi connectivity index (χ4n) is 2.52. The lowest BCUT2D eigenvalue weighted by Crippen LogP contribution is -2.01. The molecular formula is C16H11ClFN5. The van der Waals surface area contributed by atoms with Crippen LogP contribution in [0.3, 0.4) is 0 Å². The number of para-hydroxylation sites is 2. The molecule has 114 valence electrons. The average molecular weight is 328 g/mol. The second kappa shape index (κ2) is 5.17. The summed E-state index contributed by atoms with van der Waals surface area (Å²) in [6.07, 6.45) is 0. The minimum Gasteiger partial charge on any atom is -0.337 e. The summed E-state index contributed by atoms with van der Waals surface area (Å²) in [6, 6.07) is 12.1. The van der Waals surface area contributed by atoms with Gasteiger partial charge in [0, 0.05) is 5.69 Å². The Bertz CT molecular complexity index is 1040. The normalized spacial score (nSPS) is 11.3. The van der Waals surface area contributed by atoms with Crippen LogP contribution in [-0.2, 0) is 0 Å². The molecule has 4 rings (SSSR count). The molecule has 5 nitrogen and oxygen atoms in total. The van der Waals surface area contributed by atoms with Gasteiger partial charge in [-0.05, 0) is 37.3 Å². The number of benzene rings is 2. The van der Waals surface area contributed by atoms with E-state index in [1.54, 1.807) is 6.07 Å². The number of aryl methyl sites for hydroxylation is 1. The Kier molecular flexibility index (Phi) is 3.12. The third-order valence-corrected chi connectivity index (χ3v) is 3.86. The fraction of sp³-hybridized carbons (Fsp3) is 0.0625. The summed E-state index contributed by atoms with van der Waals surface area (Å²) in [5.74, 6) is 0.831. The van der Waals surface area contributed by atoms with Crippen molar-refractivity contribution in [1.29, 1.82) is 0 Å². The maximum absolute atomic E-state index is 13.3. The largest absolute Gasteiger partial charge is 0.337 e. The molecular weight excluding hydrogens is 317 g/mol. The highest BCUT2D eigenvalue weighted by atomic mass is 35.5. The summed E-state index contributed by atoms with van der Waals surface area (Å²) in [6.45, 7) is 1.88. The van der Waals surface area contributed by atoms with Gasteiger partial charge in [-0.1, -0.05) is 23.7 Å². The zero-order chi connectivity index (χ0) is 16.0. The zero-order valence-corrected chi connectivity index (χ0v) is 12.8. The van der Waals surface area contributed by atoms with Crippen LogP contribution < -0.4 is 5.32 Å². The Morgan fingerprint density at radius 1 is 1.13 bits per heavy atom. The monoisotopic (exact) mass is 327 g/mol. The van der Waals surface area contributed by atoms with Crippen LogP contribution in [0.15, 0.2) is 42.5 Å². The predicted octanol–water partition coefficient (Wildman–Crippen LogP) is 4.12. The van der Waals surface area contributed by atoms with Crippen LogP contribution in [0.5, 0.6) is 0 Å². The van der Waals surface area contributed by atoms with Crippen molar-refractivity contribution >= 4 is 39.8 Å². The van der Waals surface area contributed by atoms with Crippen LogP contribution in [0.25, 0.3) is 16.7 Å². The van der Waals surface area contributed by atoms with E-state index in [0.717, 1.165) is 16.9 Å². The number of hydrogen-bond donors (Lipinski definition) is 1. The molecule has 0 unspecified atom stereocenters. The van der Waals surface area contributed by atoms with Crippen LogP contribution >= 0.6 is 11.6 Å². The smallest absolute Gasteiger partial charge is 0.204 e. The molecule has 23 heavy (non-hydrogen) atoms. The van der Waals surface area contributed by atoms with Crippen LogP contribution in [0.4, 0.5) is 15.9 Å². The first-order chi connectivity index (χ1) is 11.1. The summed E-state index contributed by atoms with van der Waals surface area (Å²) in [5.41, 5.74) is 2.95. The molecule has 0 bridgehead atoms. The maximum atomic E-state index is 13.3. The highest BCUT2D eigenvalue weighted by Gasteiger charge is 2.13. The van der Waals surface area contributed by atoms with Gasteiger partial charge in [0.1, 0.15) is 11.6 Å². The van der Waals surface area contributed by atoms with E-state index in [2.05, 4.69) is 20.5 Å². The third-order valence-electron chi connectivity index (χ3n) is 3.57. The molecule has 0 saturated carbocycles. The van der Waals surface area contributed by atoms with Crippen molar-refractivity contribution in [3.8, 4) is 0 Å². The Labute approximate surface area is 135 Å². The van der Waals surface area contributed by atoms with Crippen molar-refractivity contribution < 1.29 is 4.39 Å². The SMILES string of the molecule is Cc1nnc2c(Nc3ccc(F)c(Cl)c3)nc3ccccc3n12. The molecule has 0 atom stereocenters. The Hall–Kier alpha value is -2.73. The van der Waals surface area contributed by atoms with Crippen LogP contribution in [0.2, 0.25) is 5.02 Å². The van der Waals surface area contributed by atoms with E-state index in [9.17, 15) is 4.39 Å². The molecule has 2 aromatic carbocycles. The Morgan fingerprint density at radius 2 is 1.96 bits per heavy atom. The van der Waals surface area contributed by atoms with Gasteiger partial charge in [-0.3, -0.25) is 4.40 Å². The molecule has 0 radical (unpaired) electrons. The van der Waals surface area contributed by atoms with Crippen molar-refractivity contribution in [2.75, 3.05) is 5.32 Å². The standard InChI is InChI=1S/C16H11ClFN5/c1-9-21-22-16-15(19-10-6-7-12(18)11(17)8-10)20-13-4-2-3-5-14(13)23(9)16/h2-8H,1H3,(H,19,20). The molecule has 2 aromatic heterocycles. The van der Waals surface area contributed by atoms with Crippen molar-refractivity contribution in [3.05, 3.63) is 59.1 Å². The van der Waals surface area contributed by atoms with Gasteiger partial charge in [-0.25, -0.2) is 9.37 Å². The molecule has 7 heteroatoms. The number of rotatable bonds is 2. The van der Waals surface area contributed by atoms with Crippen molar-refractivity contribution in [1.82, 2.24) is 19.6 Å². The number of anilines is 2. The number of fused-ring (bicyclic) bond motifs is 3. The minimum absolute atomic E-state index is 0.0458. The van der Waals surface area contributed by atoms with Crippen molar-refractivity contribution in [2.24, 2.45) is 0 Å². The zero-order valence-electron chi connectivity index (χ0n) is 12.1. The summed E-state index contributed by atoms with van der Waals surface area (Å²) >= 11 is 5.83. The molecule has 0 aliphatic heterocycles. The van der Waals surface area contributed by atoms with Gasteiger partial charge >= 0.3 is 0 Å². The van der Waals surface area contributed by atoms with Gasteiger partial charge in [0.2, 0.25) is 5.65 Å². The van der Waals surface area contributed by atoms with E-state index in [-0.39, 0.29) is 5.02 Å². The molecule has 0 fully saturated rings. The highest BCUT2D eigenvalue weighted by molar-refractivity contribution is 6.31. The average Bonchev–Trinajstić information content (AvgIpc) is 2.94. The van der Waals surface area contributed by atoms with Crippen LogP contribution in [-0.4, -0.2) is 19.6 Å². The van der Waals surface area contributed by atoms with Gasteiger partial charge in [0.25, 0.3) is 0 Å². The van der Waals surface area contributed by atoms with Crippen molar-refractivity contribution in [2.45, 2.75) is 6.92 Å². The molecule has 0 aliphatic rings. The molecule has 0 aliphatic carbocycles. The first-order valence-corrected chi connectivity index (χ1v) is 7.34. The van der Waals surface area contributed by atoms with E-state index in [1.165, 1.54) is 12.1 Å². The Balaban J connectivity index is 1.93. The lowest BCUT2D eigenvalue weighted by Gasteiger charge is -2.10. The molecule has 0 amide bonds. The van der Waals surface area contributed by atoms with Gasteiger partial charge in [-0.2, -0.15) is 0 Å². The number of hydrogen-bond acceptors (Lipinski definition) is 4. The van der Waals surface area contributed by atoms with Crippen LogP contribution in [0.1, 0.15) is 5.82 Å². The Morgan fingerprint density at radius 3 is 2.78 bits per heavy atom. The predicted molar refractivity (Wildman–Crippen MR) is 87.7 cm³/mol. The molecule has 2 heterocycles. The van der Waals surface area contributed by atoms with E-state index < -0.39 is 5.82 Å². The maximum Gasteiger partial charge on any atom is 0.204 e. The van der Waals surface area contributed by atoms with E-state index >= 15 is 0 Å². The molecule has 4 aromatic rings. The lowest BCUT2D eigenvalue weighted by atomic mass is 10.3. The van der Waals surface area contributed by atoms with Gasteiger partial charge in [0.05, 0.1) is 16.1 Å². The van der Waals surface area contributed by atoms with E-state index in [0.29, 0.717) is 17.2 Å². The summed E-state index contributed by atoms with van der Waals surface area (Å²) in [7, 11) is 0. The summed E-state index contributed by atoms with van der Waals surface area (Å²) in [4.78, 5) is 4.59. The van der Waals surface area contributed by atoms with Gasteiger partial charge in [0.15, 0.2) is 5.82 Å². The van der Waals surface area contributed by atoms with Crippen molar-refractivity contribution in [3.63, 3.8) is 0 Å². The second-order valence-corrected chi connectivity index (χ2v) is 5.52. The molecule has 0 spiro atoms. The van der Waals surface area contributed by atoms with E-state index in [4.69, 9.17) is 11.6 Å².